The molecule has 0 saturated heterocycles. The van der Waals surface area contributed by atoms with E-state index in [1.807, 2.05) is 18.2 Å². The van der Waals surface area contributed by atoms with Crippen LogP contribution in [0.2, 0.25) is 5.02 Å². The van der Waals surface area contributed by atoms with Crippen LogP contribution in [0.15, 0.2) is 52.7 Å². The van der Waals surface area contributed by atoms with Gasteiger partial charge in [-0.3, -0.25) is 4.57 Å². The first-order valence-electron chi connectivity index (χ1n) is 6.72. The van der Waals surface area contributed by atoms with Crippen molar-refractivity contribution in [3.05, 3.63) is 61.9 Å². The molecular formula is C16H12ClN3OS2. The molecule has 1 aliphatic rings. The van der Waals surface area contributed by atoms with Crippen LogP contribution in [0.4, 0.5) is 0 Å². The predicted octanol–water partition coefficient (Wildman–Crippen LogP) is 4.70. The molecule has 0 amide bonds. The largest absolute Gasteiger partial charge is 0.493 e. The van der Waals surface area contributed by atoms with E-state index < -0.39 is 0 Å². The van der Waals surface area contributed by atoms with Gasteiger partial charge in [0.2, 0.25) is 5.88 Å². The highest BCUT2D eigenvalue weighted by Gasteiger charge is 2.16. The number of allylic oxidation sites excluding steroid dienone is 2. The van der Waals surface area contributed by atoms with Gasteiger partial charge in [0.05, 0.1) is 11.1 Å². The summed E-state index contributed by atoms with van der Waals surface area (Å²) in [5, 5.41) is 19.1. The van der Waals surface area contributed by atoms with Crippen LogP contribution < -0.4 is 0 Å². The number of thiazole rings is 1. The number of hydrogen-bond acceptors (Lipinski definition) is 5. The molecule has 0 atom stereocenters. The van der Waals surface area contributed by atoms with Gasteiger partial charge in [-0.15, -0.1) is 23.0 Å². The molecule has 0 radical (unpaired) electrons. The molecule has 4 nitrogen and oxygen atoms in total. The van der Waals surface area contributed by atoms with Gasteiger partial charge in [-0.1, -0.05) is 29.8 Å². The molecule has 1 aromatic heterocycles. The zero-order chi connectivity index (χ0) is 16.4. The van der Waals surface area contributed by atoms with E-state index in [1.165, 1.54) is 11.3 Å². The molecule has 23 heavy (non-hydrogen) atoms. The van der Waals surface area contributed by atoms with Crippen molar-refractivity contribution in [1.82, 2.24) is 4.57 Å². The monoisotopic (exact) mass is 361 g/mol. The Morgan fingerprint density at radius 3 is 2.78 bits per heavy atom. The second-order valence-corrected chi connectivity index (χ2v) is 6.87. The molecule has 0 spiro atoms. The smallest absolute Gasteiger partial charge is 0.210 e. The summed E-state index contributed by atoms with van der Waals surface area (Å²) >= 11 is 12.5. The lowest BCUT2D eigenvalue weighted by Crippen LogP contribution is -2.02. The van der Waals surface area contributed by atoms with Crippen LogP contribution in [0.5, 0.6) is 5.88 Å². The Hall–Kier alpha value is -2.02. The summed E-state index contributed by atoms with van der Waals surface area (Å²) in [5.74, 6) is 0.128. The van der Waals surface area contributed by atoms with Gasteiger partial charge < -0.3 is 5.11 Å². The van der Waals surface area contributed by atoms with Crippen LogP contribution in [0.1, 0.15) is 10.4 Å². The molecule has 3 rings (SSSR count). The molecule has 0 bridgehead atoms. The van der Waals surface area contributed by atoms with Crippen LogP contribution >= 0.6 is 35.2 Å². The van der Waals surface area contributed by atoms with Gasteiger partial charge in [-0.05, 0) is 30.4 Å². The number of benzene rings is 1. The summed E-state index contributed by atoms with van der Waals surface area (Å²) in [6, 6.07) is 7.37. The third-order valence-corrected chi connectivity index (χ3v) is 4.88. The standard InChI is InChI=1S/C16H12ClN3OS2/c1-2-7-20-15(21)13(23-16(20)22)8-11-9-18-19-14(11)10-3-5-12(17)6-4-10/h2-6,8-9,21H,1,7H2/b11-8+. The van der Waals surface area contributed by atoms with Crippen molar-refractivity contribution in [2.45, 2.75) is 6.54 Å². The summed E-state index contributed by atoms with van der Waals surface area (Å²) in [6.45, 7) is 4.14. The van der Waals surface area contributed by atoms with Crippen molar-refractivity contribution < 1.29 is 5.11 Å². The number of aromatic hydroxyl groups is 1. The lowest BCUT2D eigenvalue weighted by atomic mass is 10.0. The first kappa shape index (κ1) is 15.9. The summed E-state index contributed by atoms with van der Waals surface area (Å²) < 4.78 is 2.22. The van der Waals surface area contributed by atoms with Crippen LogP contribution in [0.25, 0.3) is 6.08 Å². The van der Waals surface area contributed by atoms with E-state index in [1.54, 1.807) is 29.0 Å². The van der Waals surface area contributed by atoms with Gasteiger partial charge in [0, 0.05) is 22.7 Å². The molecule has 0 saturated carbocycles. The number of hydrogen-bond donors (Lipinski definition) is 1. The maximum absolute atomic E-state index is 10.3. The Balaban J connectivity index is 1.99. The summed E-state index contributed by atoms with van der Waals surface area (Å²) in [5.41, 5.74) is 2.45. The molecule has 7 heteroatoms. The van der Waals surface area contributed by atoms with Crippen molar-refractivity contribution in [3.63, 3.8) is 0 Å². The second kappa shape index (κ2) is 6.62. The minimum Gasteiger partial charge on any atom is -0.493 e. The third-order valence-electron chi connectivity index (χ3n) is 3.24. The minimum atomic E-state index is 0.128. The maximum atomic E-state index is 10.3. The van der Waals surface area contributed by atoms with Gasteiger partial charge in [-0.2, -0.15) is 5.10 Å². The van der Waals surface area contributed by atoms with Crippen LogP contribution in [0.3, 0.4) is 0 Å². The molecule has 1 aromatic carbocycles. The molecule has 1 N–H and O–H groups in total. The van der Waals surface area contributed by atoms with E-state index in [0.717, 1.165) is 16.8 Å². The lowest BCUT2D eigenvalue weighted by Gasteiger charge is -2.03. The molecule has 1 aliphatic heterocycles. The first-order chi connectivity index (χ1) is 11.1. The lowest BCUT2D eigenvalue weighted by molar-refractivity contribution is 0.424. The zero-order valence-electron chi connectivity index (χ0n) is 11.9. The van der Waals surface area contributed by atoms with E-state index >= 15 is 0 Å². The molecule has 116 valence electrons. The summed E-state index contributed by atoms with van der Waals surface area (Å²) in [4.78, 5) is 0.668. The van der Waals surface area contributed by atoms with Crippen molar-refractivity contribution in [2.24, 2.45) is 10.2 Å². The Kier molecular flexibility index (Phi) is 4.56. The molecule has 0 fully saturated rings. The van der Waals surface area contributed by atoms with Crippen molar-refractivity contribution >= 4 is 53.2 Å². The Bertz CT molecular complexity index is 904. The average molecular weight is 362 g/mol. The normalized spacial score (nSPS) is 15.2. The maximum Gasteiger partial charge on any atom is 0.210 e. The number of nitrogens with zero attached hydrogens (tertiary/aromatic N) is 3. The number of halogens is 1. The number of rotatable bonds is 4. The molecular weight excluding hydrogens is 350 g/mol. The van der Waals surface area contributed by atoms with Crippen molar-refractivity contribution in [3.8, 4) is 5.88 Å². The molecule has 0 unspecified atom stereocenters. The van der Waals surface area contributed by atoms with Crippen molar-refractivity contribution in [1.29, 1.82) is 0 Å². The topological polar surface area (TPSA) is 49.9 Å². The van der Waals surface area contributed by atoms with Crippen LogP contribution in [0, 0.1) is 3.95 Å². The predicted molar refractivity (Wildman–Crippen MR) is 99.5 cm³/mol. The third kappa shape index (κ3) is 3.19. The van der Waals surface area contributed by atoms with E-state index in [0.29, 0.717) is 20.4 Å². The van der Waals surface area contributed by atoms with E-state index in [9.17, 15) is 5.11 Å². The van der Waals surface area contributed by atoms with Gasteiger partial charge >= 0.3 is 0 Å². The fraction of sp³-hybridized carbons (Fsp3) is 0.0625. The fourth-order valence-corrected chi connectivity index (χ4v) is 3.55. The quantitative estimate of drug-likeness (QED) is 0.634. The highest BCUT2D eigenvalue weighted by molar-refractivity contribution is 7.73. The SMILES string of the molecule is C=CCn1c(O)c(/C=C2\C=NN=C2c2ccc(Cl)cc2)sc1=S. The highest BCUT2D eigenvalue weighted by atomic mass is 35.5. The van der Waals surface area contributed by atoms with E-state index in [4.69, 9.17) is 23.8 Å². The molecule has 0 aliphatic carbocycles. The minimum absolute atomic E-state index is 0.128. The van der Waals surface area contributed by atoms with Gasteiger partial charge in [-0.25, -0.2) is 0 Å². The van der Waals surface area contributed by atoms with Gasteiger partial charge in [0.1, 0.15) is 5.71 Å². The highest BCUT2D eigenvalue weighted by Crippen LogP contribution is 2.29. The average Bonchev–Trinajstić information content (AvgIpc) is 3.09. The number of aromatic nitrogens is 1. The fourth-order valence-electron chi connectivity index (χ4n) is 2.15. The van der Waals surface area contributed by atoms with Gasteiger partial charge in [0.15, 0.2) is 3.95 Å². The molecule has 2 aromatic rings. The first-order valence-corrected chi connectivity index (χ1v) is 8.33. The summed E-state index contributed by atoms with van der Waals surface area (Å²) in [6.07, 6.45) is 5.18. The van der Waals surface area contributed by atoms with E-state index in [2.05, 4.69) is 16.8 Å². The Morgan fingerprint density at radius 2 is 2.09 bits per heavy atom. The van der Waals surface area contributed by atoms with E-state index in [-0.39, 0.29) is 5.88 Å². The van der Waals surface area contributed by atoms with Gasteiger partial charge in [0.25, 0.3) is 0 Å². The second-order valence-electron chi connectivity index (χ2n) is 4.75. The Labute approximate surface area is 147 Å². The molecule has 2 heterocycles. The van der Waals surface area contributed by atoms with Crippen LogP contribution in [-0.2, 0) is 6.54 Å². The van der Waals surface area contributed by atoms with Crippen LogP contribution in [-0.4, -0.2) is 21.6 Å². The summed E-state index contributed by atoms with van der Waals surface area (Å²) in [7, 11) is 0. The zero-order valence-corrected chi connectivity index (χ0v) is 14.3. The van der Waals surface area contributed by atoms with Crippen molar-refractivity contribution in [2.75, 3.05) is 0 Å². The Morgan fingerprint density at radius 1 is 1.35 bits per heavy atom.